The van der Waals surface area contributed by atoms with Crippen LogP contribution in [-0.2, 0) is 4.79 Å². The highest BCUT2D eigenvalue weighted by Crippen LogP contribution is 2.34. The monoisotopic (exact) mass is 327 g/mol. The molecule has 1 amide bonds. The van der Waals surface area contributed by atoms with E-state index in [0.717, 1.165) is 18.5 Å². The number of carbonyl (C=O) groups excluding carboxylic acids is 1. The predicted molar refractivity (Wildman–Crippen MR) is 89.0 cm³/mol. The smallest absolute Gasteiger partial charge is 0.308 e. The van der Waals surface area contributed by atoms with Gasteiger partial charge in [-0.2, -0.15) is 5.10 Å². The van der Waals surface area contributed by atoms with E-state index in [1.807, 2.05) is 37.3 Å². The van der Waals surface area contributed by atoms with Crippen LogP contribution >= 0.6 is 0 Å². The minimum atomic E-state index is -0.854. The standard InChI is InChI=1S/C18H21N3O3/c1-18(11-6-5-9-14(18)17(23)24)19-16(22)15-10-12-21(20-15)13-7-3-2-4-8-13/h2-4,7-8,10,12,14H,5-6,9,11H2,1H3,(H,19,22)(H,23,24). The van der Waals surface area contributed by atoms with E-state index in [9.17, 15) is 14.7 Å². The third kappa shape index (κ3) is 3.18. The highest BCUT2D eigenvalue weighted by Gasteiger charge is 2.42. The number of nitrogens with zero attached hydrogens (tertiary/aromatic N) is 2. The lowest BCUT2D eigenvalue weighted by Crippen LogP contribution is -2.55. The van der Waals surface area contributed by atoms with Crippen LogP contribution in [0.25, 0.3) is 5.69 Å². The molecule has 0 radical (unpaired) electrons. The summed E-state index contributed by atoms with van der Waals surface area (Å²) in [6.07, 6.45) is 4.77. The summed E-state index contributed by atoms with van der Waals surface area (Å²) in [5.74, 6) is -1.75. The van der Waals surface area contributed by atoms with Crippen molar-refractivity contribution in [3.05, 3.63) is 48.3 Å². The van der Waals surface area contributed by atoms with E-state index in [-0.39, 0.29) is 11.6 Å². The second kappa shape index (κ2) is 6.47. The normalized spacial score (nSPS) is 23.6. The molecule has 6 heteroatoms. The summed E-state index contributed by atoms with van der Waals surface area (Å²) in [4.78, 5) is 24.1. The zero-order valence-corrected chi connectivity index (χ0v) is 13.6. The van der Waals surface area contributed by atoms with E-state index in [1.54, 1.807) is 16.9 Å². The van der Waals surface area contributed by atoms with Crippen molar-refractivity contribution in [3.8, 4) is 5.69 Å². The number of amides is 1. The van der Waals surface area contributed by atoms with Crippen molar-refractivity contribution in [2.45, 2.75) is 38.1 Å². The Morgan fingerprint density at radius 2 is 2.00 bits per heavy atom. The molecule has 1 aliphatic carbocycles. The summed E-state index contributed by atoms with van der Waals surface area (Å²) in [5, 5.41) is 16.7. The Morgan fingerprint density at radius 3 is 2.71 bits per heavy atom. The molecule has 2 unspecified atom stereocenters. The molecule has 1 aromatic heterocycles. The van der Waals surface area contributed by atoms with Gasteiger partial charge in [0.15, 0.2) is 5.69 Å². The van der Waals surface area contributed by atoms with Crippen molar-refractivity contribution >= 4 is 11.9 Å². The van der Waals surface area contributed by atoms with E-state index in [4.69, 9.17) is 0 Å². The fourth-order valence-electron chi connectivity index (χ4n) is 3.37. The third-order valence-electron chi connectivity index (χ3n) is 4.75. The van der Waals surface area contributed by atoms with Crippen LogP contribution in [-0.4, -0.2) is 32.3 Å². The summed E-state index contributed by atoms with van der Waals surface area (Å²) >= 11 is 0. The minimum absolute atomic E-state index is 0.287. The zero-order valence-electron chi connectivity index (χ0n) is 13.6. The SMILES string of the molecule is CC1(NC(=O)c2ccn(-c3ccccc3)n2)CCCCC1C(=O)O. The van der Waals surface area contributed by atoms with E-state index < -0.39 is 17.4 Å². The first-order valence-corrected chi connectivity index (χ1v) is 8.16. The van der Waals surface area contributed by atoms with Crippen molar-refractivity contribution < 1.29 is 14.7 Å². The highest BCUT2D eigenvalue weighted by atomic mass is 16.4. The Balaban J connectivity index is 1.77. The summed E-state index contributed by atoms with van der Waals surface area (Å²) in [6, 6.07) is 11.2. The van der Waals surface area contributed by atoms with Crippen LogP contribution in [0.15, 0.2) is 42.6 Å². The van der Waals surface area contributed by atoms with Gasteiger partial charge in [-0.15, -0.1) is 0 Å². The van der Waals surface area contributed by atoms with Gasteiger partial charge in [0.1, 0.15) is 0 Å². The van der Waals surface area contributed by atoms with E-state index >= 15 is 0 Å². The molecule has 2 N–H and O–H groups in total. The van der Waals surface area contributed by atoms with Crippen molar-refractivity contribution in [1.29, 1.82) is 0 Å². The maximum atomic E-state index is 12.6. The molecule has 6 nitrogen and oxygen atoms in total. The Labute approximate surface area is 140 Å². The molecule has 1 aromatic carbocycles. The maximum Gasteiger partial charge on any atom is 0.308 e. The Bertz CT molecular complexity index is 741. The van der Waals surface area contributed by atoms with Crippen LogP contribution in [0.4, 0.5) is 0 Å². The number of carboxylic acids is 1. The van der Waals surface area contributed by atoms with Crippen LogP contribution in [0.1, 0.15) is 43.1 Å². The molecule has 3 rings (SSSR count). The molecule has 126 valence electrons. The zero-order chi connectivity index (χ0) is 17.2. The van der Waals surface area contributed by atoms with Crippen LogP contribution in [0, 0.1) is 5.92 Å². The van der Waals surface area contributed by atoms with Gasteiger partial charge < -0.3 is 10.4 Å². The number of para-hydroxylation sites is 1. The lowest BCUT2D eigenvalue weighted by Gasteiger charge is -2.39. The molecular formula is C18H21N3O3. The quantitative estimate of drug-likeness (QED) is 0.904. The number of nitrogens with one attached hydrogen (secondary N) is 1. The fraction of sp³-hybridized carbons (Fsp3) is 0.389. The second-order valence-corrected chi connectivity index (χ2v) is 6.49. The largest absolute Gasteiger partial charge is 0.481 e. The first-order chi connectivity index (χ1) is 11.5. The van der Waals surface area contributed by atoms with Gasteiger partial charge in [-0.3, -0.25) is 9.59 Å². The van der Waals surface area contributed by atoms with Crippen molar-refractivity contribution in [3.63, 3.8) is 0 Å². The third-order valence-corrected chi connectivity index (χ3v) is 4.75. The number of carbonyl (C=O) groups is 2. The number of benzene rings is 1. The van der Waals surface area contributed by atoms with Crippen molar-refractivity contribution in [2.24, 2.45) is 5.92 Å². The van der Waals surface area contributed by atoms with Gasteiger partial charge in [-0.05, 0) is 38.0 Å². The molecule has 2 aromatic rings. The van der Waals surface area contributed by atoms with Gasteiger partial charge in [-0.25, -0.2) is 4.68 Å². The topological polar surface area (TPSA) is 84.2 Å². The number of carboxylic acid groups (broad SMARTS) is 1. The molecule has 1 heterocycles. The first-order valence-electron chi connectivity index (χ1n) is 8.16. The van der Waals surface area contributed by atoms with E-state index in [2.05, 4.69) is 10.4 Å². The highest BCUT2D eigenvalue weighted by molar-refractivity contribution is 5.93. The van der Waals surface area contributed by atoms with Gasteiger partial charge in [0.2, 0.25) is 0 Å². The molecule has 24 heavy (non-hydrogen) atoms. The number of rotatable bonds is 4. The van der Waals surface area contributed by atoms with Crippen molar-refractivity contribution in [2.75, 3.05) is 0 Å². The van der Waals surface area contributed by atoms with Gasteiger partial charge in [-0.1, -0.05) is 31.0 Å². The molecule has 1 aliphatic rings. The van der Waals surface area contributed by atoms with E-state index in [1.165, 1.54) is 0 Å². The number of hydrogen-bond acceptors (Lipinski definition) is 3. The van der Waals surface area contributed by atoms with Gasteiger partial charge >= 0.3 is 5.97 Å². The Kier molecular flexibility index (Phi) is 4.38. The molecular weight excluding hydrogens is 306 g/mol. The molecule has 1 fully saturated rings. The lowest BCUT2D eigenvalue weighted by atomic mass is 9.74. The Hall–Kier alpha value is -2.63. The number of aliphatic carboxylic acids is 1. The average molecular weight is 327 g/mol. The molecule has 0 aliphatic heterocycles. The van der Waals surface area contributed by atoms with Gasteiger partial charge in [0, 0.05) is 6.20 Å². The average Bonchev–Trinajstić information content (AvgIpc) is 3.05. The summed E-state index contributed by atoms with van der Waals surface area (Å²) in [6.45, 7) is 1.82. The van der Waals surface area contributed by atoms with Crippen LogP contribution < -0.4 is 5.32 Å². The maximum absolute atomic E-state index is 12.6. The van der Waals surface area contributed by atoms with Crippen LogP contribution in [0.5, 0.6) is 0 Å². The van der Waals surface area contributed by atoms with E-state index in [0.29, 0.717) is 12.8 Å². The second-order valence-electron chi connectivity index (χ2n) is 6.49. The molecule has 0 saturated heterocycles. The lowest BCUT2D eigenvalue weighted by molar-refractivity contribution is -0.145. The van der Waals surface area contributed by atoms with Crippen LogP contribution in [0.3, 0.4) is 0 Å². The summed E-state index contributed by atoms with van der Waals surface area (Å²) in [7, 11) is 0. The molecule has 0 bridgehead atoms. The Morgan fingerprint density at radius 1 is 1.25 bits per heavy atom. The minimum Gasteiger partial charge on any atom is -0.481 e. The first kappa shape index (κ1) is 16.2. The van der Waals surface area contributed by atoms with Gasteiger partial charge in [0.25, 0.3) is 5.91 Å². The van der Waals surface area contributed by atoms with Crippen LogP contribution in [0.2, 0.25) is 0 Å². The number of aromatic nitrogens is 2. The molecule has 0 spiro atoms. The summed E-state index contributed by atoms with van der Waals surface area (Å²) in [5.41, 5.74) is 0.413. The van der Waals surface area contributed by atoms with Gasteiger partial charge in [0.05, 0.1) is 17.1 Å². The summed E-state index contributed by atoms with van der Waals surface area (Å²) < 4.78 is 1.63. The fourth-order valence-corrected chi connectivity index (χ4v) is 3.37. The number of hydrogen-bond donors (Lipinski definition) is 2. The predicted octanol–water partition coefficient (Wildman–Crippen LogP) is 2.64. The molecule has 1 saturated carbocycles. The molecule has 2 atom stereocenters. The van der Waals surface area contributed by atoms with Crippen molar-refractivity contribution in [1.82, 2.24) is 15.1 Å².